The molecule has 1 saturated heterocycles. The standard InChI is InChI=1S/C18H26N4O5S/c1-5-17-19-18(27-20-17)13(2)21-8-10-22(11-9-21)28(23,24)14-6-7-15(25-3)16(12-14)26-4/h6-7,12-13H,5,8-11H2,1-4H3/t13-/m0/s1. The molecule has 0 amide bonds. The Labute approximate surface area is 165 Å². The lowest BCUT2D eigenvalue weighted by Gasteiger charge is -2.36. The van der Waals surface area contributed by atoms with E-state index in [1.54, 1.807) is 6.07 Å². The SMILES string of the molecule is CCc1noc([C@H](C)N2CCN(S(=O)(=O)c3ccc(OC)c(OC)c3)CC2)n1. The first-order valence-electron chi connectivity index (χ1n) is 9.19. The van der Waals surface area contributed by atoms with Crippen molar-refractivity contribution in [1.29, 1.82) is 0 Å². The summed E-state index contributed by atoms with van der Waals surface area (Å²) in [5.74, 6) is 2.12. The molecule has 0 bridgehead atoms. The van der Waals surface area contributed by atoms with Crippen LogP contribution in [0.5, 0.6) is 11.5 Å². The van der Waals surface area contributed by atoms with Gasteiger partial charge in [-0.15, -0.1) is 0 Å². The molecule has 2 heterocycles. The maximum Gasteiger partial charge on any atom is 0.243 e. The molecule has 1 aromatic heterocycles. The van der Waals surface area contributed by atoms with Crippen LogP contribution in [0.1, 0.15) is 31.6 Å². The number of sulfonamides is 1. The Morgan fingerprint density at radius 2 is 1.82 bits per heavy atom. The minimum Gasteiger partial charge on any atom is -0.493 e. The number of piperazine rings is 1. The van der Waals surface area contributed by atoms with Crippen LogP contribution in [0.2, 0.25) is 0 Å². The average molecular weight is 410 g/mol. The van der Waals surface area contributed by atoms with Crippen molar-refractivity contribution < 1.29 is 22.4 Å². The summed E-state index contributed by atoms with van der Waals surface area (Å²) in [7, 11) is -0.618. The first-order chi connectivity index (χ1) is 13.4. The molecule has 1 aromatic carbocycles. The highest BCUT2D eigenvalue weighted by molar-refractivity contribution is 7.89. The topological polar surface area (TPSA) is 98.0 Å². The van der Waals surface area contributed by atoms with Crippen LogP contribution in [0, 0.1) is 0 Å². The van der Waals surface area contributed by atoms with E-state index in [1.165, 1.54) is 30.7 Å². The summed E-state index contributed by atoms with van der Waals surface area (Å²) in [6.07, 6.45) is 0.716. The van der Waals surface area contributed by atoms with Crippen molar-refractivity contribution in [3.05, 3.63) is 29.9 Å². The lowest BCUT2D eigenvalue weighted by molar-refractivity contribution is 0.124. The predicted molar refractivity (Wildman–Crippen MR) is 102 cm³/mol. The number of rotatable bonds is 7. The number of ether oxygens (including phenoxy) is 2. The molecule has 1 fully saturated rings. The second-order valence-corrected chi connectivity index (χ2v) is 8.47. The van der Waals surface area contributed by atoms with Gasteiger partial charge in [-0.25, -0.2) is 8.42 Å². The number of methoxy groups -OCH3 is 2. The van der Waals surface area contributed by atoms with E-state index in [2.05, 4.69) is 15.0 Å². The third-order valence-electron chi connectivity index (χ3n) is 4.97. The van der Waals surface area contributed by atoms with Gasteiger partial charge in [0.05, 0.1) is 25.2 Å². The van der Waals surface area contributed by atoms with Gasteiger partial charge in [0.15, 0.2) is 17.3 Å². The van der Waals surface area contributed by atoms with Gasteiger partial charge in [0.25, 0.3) is 0 Å². The third-order valence-corrected chi connectivity index (χ3v) is 6.87. The monoisotopic (exact) mass is 410 g/mol. The van der Waals surface area contributed by atoms with E-state index in [0.29, 0.717) is 55.8 Å². The summed E-state index contributed by atoms with van der Waals surface area (Å²) in [6.45, 7) is 5.89. The van der Waals surface area contributed by atoms with Crippen LogP contribution in [0.4, 0.5) is 0 Å². The van der Waals surface area contributed by atoms with Crippen molar-refractivity contribution in [3.8, 4) is 11.5 Å². The fourth-order valence-electron chi connectivity index (χ4n) is 3.19. The van der Waals surface area contributed by atoms with Crippen molar-refractivity contribution in [2.24, 2.45) is 0 Å². The Morgan fingerprint density at radius 3 is 2.39 bits per heavy atom. The van der Waals surface area contributed by atoms with Gasteiger partial charge >= 0.3 is 0 Å². The first kappa shape index (κ1) is 20.6. The second-order valence-electron chi connectivity index (χ2n) is 6.54. The highest BCUT2D eigenvalue weighted by Gasteiger charge is 2.32. The number of benzene rings is 1. The lowest BCUT2D eigenvalue weighted by Crippen LogP contribution is -2.49. The Morgan fingerprint density at radius 1 is 1.14 bits per heavy atom. The molecule has 3 rings (SSSR count). The van der Waals surface area contributed by atoms with Crippen molar-refractivity contribution in [2.75, 3.05) is 40.4 Å². The van der Waals surface area contributed by atoms with Gasteiger partial charge in [-0.05, 0) is 19.1 Å². The Balaban J connectivity index is 1.69. The van der Waals surface area contributed by atoms with E-state index in [1.807, 2.05) is 13.8 Å². The molecule has 1 aliphatic rings. The van der Waals surface area contributed by atoms with Crippen LogP contribution in [-0.2, 0) is 16.4 Å². The molecule has 1 aliphatic heterocycles. The van der Waals surface area contributed by atoms with Gasteiger partial charge < -0.3 is 14.0 Å². The van der Waals surface area contributed by atoms with Crippen LogP contribution < -0.4 is 9.47 Å². The predicted octanol–water partition coefficient (Wildman–Crippen LogP) is 1.72. The van der Waals surface area contributed by atoms with Crippen molar-refractivity contribution in [2.45, 2.75) is 31.2 Å². The van der Waals surface area contributed by atoms with Crippen LogP contribution in [0.25, 0.3) is 0 Å². The number of aryl methyl sites for hydroxylation is 1. The normalized spacial score (nSPS) is 17.4. The summed E-state index contributed by atoms with van der Waals surface area (Å²) in [4.78, 5) is 6.71. The molecule has 0 aliphatic carbocycles. The van der Waals surface area contributed by atoms with Gasteiger partial charge in [-0.1, -0.05) is 12.1 Å². The maximum atomic E-state index is 13.0. The quantitative estimate of drug-likeness (QED) is 0.680. The Hall–Kier alpha value is -2.17. The minimum absolute atomic E-state index is 0.0567. The van der Waals surface area contributed by atoms with Crippen molar-refractivity contribution in [1.82, 2.24) is 19.3 Å². The highest BCUT2D eigenvalue weighted by atomic mass is 32.2. The van der Waals surface area contributed by atoms with Gasteiger partial charge in [0.2, 0.25) is 15.9 Å². The zero-order valence-corrected chi connectivity index (χ0v) is 17.4. The zero-order chi connectivity index (χ0) is 20.3. The lowest BCUT2D eigenvalue weighted by atomic mass is 10.2. The van der Waals surface area contributed by atoms with Crippen molar-refractivity contribution in [3.63, 3.8) is 0 Å². The zero-order valence-electron chi connectivity index (χ0n) is 16.6. The molecule has 10 heteroatoms. The smallest absolute Gasteiger partial charge is 0.243 e. The molecule has 0 unspecified atom stereocenters. The minimum atomic E-state index is -3.61. The molecule has 1 atom stereocenters. The van der Waals surface area contributed by atoms with Gasteiger partial charge in [0, 0.05) is 38.7 Å². The summed E-state index contributed by atoms with van der Waals surface area (Å²) < 4.78 is 43.2. The summed E-state index contributed by atoms with van der Waals surface area (Å²) >= 11 is 0. The molecule has 28 heavy (non-hydrogen) atoms. The van der Waals surface area contributed by atoms with Gasteiger partial charge in [-0.2, -0.15) is 9.29 Å². The number of hydrogen-bond donors (Lipinski definition) is 0. The summed E-state index contributed by atoms with van der Waals surface area (Å²) in [6, 6.07) is 4.58. The molecule has 0 saturated carbocycles. The van der Waals surface area contributed by atoms with Gasteiger partial charge in [0.1, 0.15) is 0 Å². The van der Waals surface area contributed by atoms with E-state index in [0.717, 1.165) is 0 Å². The van der Waals surface area contributed by atoms with Crippen LogP contribution >= 0.6 is 0 Å². The van der Waals surface area contributed by atoms with Crippen LogP contribution in [0.15, 0.2) is 27.6 Å². The molecule has 9 nitrogen and oxygen atoms in total. The second kappa shape index (κ2) is 8.46. The number of hydrogen-bond acceptors (Lipinski definition) is 8. The summed E-state index contributed by atoms with van der Waals surface area (Å²) in [5.41, 5.74) is 0. The fourth-order valence-corrected chi connectivity index (χ4v) is 4.63. The van der Waals surface area contributed by atoms with Crippen LogP contribution in [0.3, 0.4) is 0 Å². The molecule has 0 radical (unpaired) electrons. The third kappa shape index (κ3) is 3.98. The Bertz CT molecular complexity index is 906. The van der Waals surface area contributed by atoms with Crippen molar-refractivity contribution >= 4 is 10.0 Å². The molecule has 154 valence electrons. The molecular weight excluding hydrogens is 384 g/mol. The average Bonchev–Trinajstić information content (AvgIpc) is 3.22. The highest BCUT2D eigenvalue weighted by Crippen LogP contribution is 2.31. The molecule has 2 aromatic rings. The van der Waals surface area contributed by atoms with E-state index < -0.39 is 10.0 Å². The fraction of sp³-hybridized carbons (Fsp3) is 0.556. The Kier molecular flexibility index (Phi) is 6.21. The van der Waals surface area contributed by atoms with Crippen LogP contribution in [-0.4, -0.2) is 68.2 Å². The van der Waals surface area contributed by atoms with E-state index in [9.17, 15) is 8.42 Å². The number of aromatic nitrogens is 2. The van der Waals surface area contributed by atoms with E-state index in [-0.39, 0.29) is 10.9 Å². The molecular formula is C18H26N4O5S. The largest absolute Gasteiger partial charge is 0.493 e. The molecule has 0 N–H and O–H groups in total. The summed E-state index contributed by atoms with van der Waals surface area (Å²) in [5, 5.41) is 3.93. The maximum absolute atomic E-state index is 13.0. The first-order valence-corrected chi connectivity index (χ1v) is 10.6. The number of nitrogens with zero attached hydrogens (tertiary/aromatic N) is 4. The van der Waals surface area contributed by atoms with Gasteiger partial charge in [-0.3, -0.25) is 4.90 Å². The molecule has 0 spiro atoms. The van der Waals surface area contributed by atoms with E-state index in [4.69, 9.17) is 14.0 Å². The van der Waals surface area contributed by atoms with E-state index >= 15 is 0 Å².